The molecule has 1 saturated heterocycles. The first-order valence-corrected chi connectivity index (χ1v) is 8.60. The SMILES string of the molecule is CCC(CC)C(=O)N1CCN(c2nc3ccccc3n2C)CC1. The molecule has 0 spiro atoms. The summed E-state index contributed by atoms with van der Waals surface area (Å²) in [4.78, 5) is 21.6. The van der Waals surface area contributed by atoms with E-state index in [-0.39, 0.29) is 5.92 Å². The van der Waals surface area contributed by atoms with Crippen LogP contribution in [0.3, 0.4) is 0 Å². The summed E-state index contributed by atoms with van der Waals surface area (Å²) >= 11 is 0. The molecule has 0 radical (unpaired) electrons. The predicted molar refractivity (Wildman–Crippen MR) is 93.6 cm³/mol. The van der Waals surface area contributed by atoms with Crippen LogP contribution in [0.25, 0.3) is 11.0 Å². The monoisotopic (exact) mass is 314 g/mol. The lowest BCUT2D eigenvalue weighted by Crippen LogP contribution is -2.50. The number of imidazole rings is 1. The van der Waals surface area contributed by atoms with E-state index in [9.17, 15) is 4.79 Å². The minimum atomic E-state index is 0.178. The molecular weight excluding hydrogens is 288 g/mol. The molecule has 1 aromatic carbocycles. The summed E-state index contributed by atoms with van der Waals surface area (Å²) in [5.74, 6) is 1.50. The third kappa shape index (κ3) is 2.92. The highest BCUT2D eigenvalue weighted by atomic mass is 16.2. The van der Waals surface area contributed by atoms with Crippen LogP contribution < -0.4 is 4.90 Å². The summed E-state index contributed by atoms with van der Waals surface area (Å²) in [5, 5.41) is 0. The van der Waals surface area contributed by atoms with E-state index in [0.717, 1.165) is 56.0 Å². The largest absolute Gasteiger partial charge is 0.339 e. The van der Waals surface area contributed by atoms with Crippen LogP contribution in [0.2, 0.25) is 0 Å². The topological polar surface area (TPSA) is 41.4 Å². The molecule has 1 amide bonds. The second-order valence-corrected chi connectivity index (χ2v) is 6.29. The van der Waals surface area contributed by atoms with Crippen molar-refractivity contribution in [3.05, 3.63) is 24.3 Å². The van der Waals surface area contributed by atoms with Gasteiger partial charge in [0.2, 0.25) is 11.9 Å². The van der Waals surface area contributed by atoms with Crippen molar-refractivity contribution < 1.29 is 4.79 Å². The third-order valence-corrected chi connectivity index (χ3v) is 4.97. The Hall–Kier alpha value is -2.04. The Labute approximate surface area is 137 Å². The van der Waals surface area contributed by atoms with Crippen molar-refractivity contribution >= 4 is 22.9 Å². The molecule has 2 heterocycles. The van der Waals surface area contributed by atoms with Gasteiger partial charge in [0.1, 0.15) is 0 Å². The van der Waals surface area contributed by atoms with Gasteiger partial charge in [-0.3, -0.25) is 4.79 Å². The van der Waals surface area contributed by atoms with Gasteiger partial charge in [0, 0.05) is 39.1 Å². The van der Waals surface area contributed by atoms with Crippen molar-refractivity contribution in [2.24, 2.45) is 13.0 Å². The Bertz CT molecular complexity index is 681. The Balaban J connectivity index is 1.71. The highest BCUT2D eigenvalue weighted by Gasteiger charge is 2.27. The lowest BCUT2D eigenvalue weighted by atomic mass is 10.0. The van der Waals surface area contributed by atoms with E-state index in [4.69, 9.17) is 4.98 Å². The molecule has 0 aliphatic carbocycles. The van der Waals surface area contributed by atoms with Gasteiger partial charge in [0.05, 0.1) is 11.0 Å². The van der Waals surface area contributed by atoms with Crippen molar-refractivity contribution in [3.63, 3.8) is 0 Å². The molecule has 3 rings (SSSR count). The molecule has 0 bridgehead atoms. The first kappa shape index (κ1) is 15.8. The molecule has 0 N–H and O–H groups in total. The van der Waals surface area contributed by atoms with Crippen LogP contribution >= 0.6 is 0 Å². The molecule has 0 atom stereocenters. The van der Waals surface area contributed by atoms with Crippen molar-refractivity contribution in [1.82, 2.24) is 14.5 Å². The fourth-order valence-electron chi connectivity index (χ4n) is 3.44. The summed E-state index contributed by atoms with van der Waals surface area (Å²) in [6.45, 7) is 7.48. The zero-order valence-corrected chi connectivity index (χ0v) is 14.3. The van der Waals surface area contributed by atoms with Gasteiger partial charge < -0.3 is 14.4 Å². The number of carbonyl (C=O) groups excluding carboxylic acids is 1. The summed E-state index contributed by atoms with van der Waals surface area (Å²) < 4.78 is 2.15. The van der Waals surface area contributed by atoms with E-state index in [0.29, 0.717) is 5.91 Å². The van der Waals surface area contributed by atoms with Crippen LogP contribution in [-0.4, -0.2) is 46.5 Å². The lowest BCUT2D eigenvalue weighted by Gasteiger charge is -2.36. The van der Waals surface area contributed by atoms with E-state index in [1.165, 1.54) is 0 Å². The Morgan fingerprint density at radius 2 is 1.78 bits per heavy atom. The maximum absolute atomic E-state index is 12.5. The van der Waals surface area contributed by atoms with Gasteiger partial charge in [-0.1, -0.05) is 26.0 Å². The summed E-state index contributed by atoms with van der Waals surface area (Å²) in [6, 6.07) is 8.20. The van der Waals surface area contributed by atoms with Crippen LogP contribution in [0, 0.1) is 5.92 Å². The minimum absolute atomic E-state index is 0.178. The van der Waals surface area contributed by atoms with E-state index in [1.807, 2.05) is 23.1 Å². The van der Waals surface area contributed by atoms with Gasteiger partial charge in [0.25, 0.3) is 0 Å². The molecule has 0 unspecified atom stereocenters. The molecule has 1 aromatic heterocycles. The van der Waals surface area contributed by atoms with E-state index < -0.39 is 0 Å². The molecule has 5 nitrogen and oxygen atoms in total. The molecule has 0 saturated carbocycles. The number of amides is 1. The molecule has 124 valence electrons. The Kier molecular flexibility index (Phi) is 4.55. The molecule has 2 aromatic rings. The first-order valence-electron chi connectivity index (χ1n) is 8.60. The van der Waals surface area contributed by atoms with Crippen LogP contribution in [0.5, 0.6) is 0 Å². The number of hydrogen-bond acceptors (Lipinski definition) is 3. The van der Waals surface area contributed by atoms with Crippen molar-refractivity contribution in [1.29, 1.82) is 0 Å². The second-order valence-electron chi connectivity index (χ2n) is 6.29. The molecule has 1 fully saturated rings. The number of aryl methyl sites for hydroxylation is 1. The number of para-hydroxylation sites is 2. The smallest absolute Gasteiger partial charge is 0.225 e. The van der Waals surface area contributed by atoms with Crippen LogP contribution in [0.4, 0.5) is 5.95 Å². The highest BCUT2D eigenvalue weighted by molar-refractivity contribution is 5.80. The quantitative estimate of drug-likeness (QED) is 0.871. The molecular formula is C18H26N4O. The van der Waals surface area contributed by atoms with Crippen LogP contribution in [0.15, 0.2) is 24.3 Å². The fourth-order valence-corrected chi connectivity index (χ4v) is 3.44. The number of aromatic nitrogens is 2. The summed E-state index contributed by atoms with van der Waals surface area (Å²) in [6.07, 6.45) is 1.86. The number of nitrogens with zero attached hydrogens (tertiary/aromatic N) is 4. The summed E-state index contributed by atoms with van der Waals surface area (Å²) in [5.41, 5.74) is 2.18. The molecule has 5 heteroatoms. The zero-order chi connectivity index (χ0) is 16.4. The van der Waals surface area contributed by atoms with Gasteiger partial charge in [0.15, 0.2) is 0 Å². The minimum Gasteiger partial charge on any atom is -0.339 e. The van der Waals surface area contributed by atoms with Gasteiger partial charge in [-0.15, -0.1) is 0 Å². The van der Waals surface area contributed by atoms with Gasteiger partial charge >= 0.3 is 0 Å². The third-order valence-electron chi connectivity index (χ3n) is 4.97. The highest BCUT2D eigenvalue weighted by Crippen LogP contribution is 2.22. The van der Waals surface area contributed by atoms with Crippen LogP contribution in [0.1, 0.15) is 26.7 Å². The molecule has 1 aliphatic rings. The van der Waals surface area contributed by atoms with E-state index in [2.05, 4.69) is 36.4 Å². The average molecular weight is 314 g/mol. The number of anilines is 1. The second kappa shape index (κ2) is 6.60. The van der Waals surface area contributed by atoms with Gasteiger partial charge in [-0.2, -0.15) is 0 Å². The Morgan fingerprint density at radius 1 is 1.13 bits per heavy atom. The molecule has 1 aliphatic heterocycles. The first-order chi connectivity index (χ1) is 11.2. The predicted octanol–water partition coefficient (Wildman–Crippen LogP) is 2.66. The van der Waals surface area contributed by atoms with Crippen molar-refractivity contribution in [3.8, 4) is 0 Å². The molecule has 23 heavy (non-hydrogen) atoms. The van der Waals surface area contributed by atoms with Crippen LogP contribution in [-0.2, 0) is 11.8 Å². The van der Waals surface area contributed by atoms with Crippen molar-refractivity contribution in [2.75, 3.05) is 31.1 Å². The lowest BCUT2D eigenvalue weighted by molar-refractivity contribution is -0.136. The number of rotatable bonds is 4. The average Bonchev–Trinajstić information content (AvgIpc) is 2.93. The fraction of sp³-hybridized carbons (Fsp3) is 0.556. The standard InChI is InChI=1S/C18H26N4O/c1-4-14(5-2)17(23)21-10-12-22(13-11-21)18-19-15-8-6-7-9-16(15)20(18)3/h6-9,14H,4-5,10-13H2,1-3H3. The maximum atomic E-state index is 12.5. The van der Waals surface area contributed by atoms with Crippen molar-refractivity contribution in [2.45, 2.75) is 26.7 Å². The van der Waals surface area contributed by atoms with E-state index >= 15 is 0 Å². The number of carbonyl (C=O) groups is 1. The maximum Gasteiger partial charge on any atom is 0.225 e. The van der Waals surface area contributed by atoms with E-state index in [1.54, 1.807) is 0 Å². The summed E-state index contributed by atoms with van der Waals surface area (Å²) in [7, 11) is 2.06. The number of fused-ring (bicyclic) bond motifs is 1. The normalized spacial score (nSPS) is 15.7. The zero-order valence-electron chi connectivity index (χ0n) is 14.3. The van der Waals surface area contributed by atoms with Gasteiger partial charge in [-0.05, 0) is 25.0 Å². The number of piperazine rings is 1. The van der Waals surface area contributed by atoms with Gasteiger partial charge in [-0.25, -0.2) is 4.98 Å². The Morgan fingerprint density at radius 3 is 2.39 bits per heavy atom. The number of benzene rings is 1. The number of hydrogen-bond donors (Lipinski definition) is 0.